The van der Waals surface area contributed by atoms with Crippen LogP contribution in [0.25, 0.3) is 0 Å². The number of carbonyl (C=O) groups is 1. The van der Waals surface area contributed by atoms with Gasteiger partial charge in [-0.05, 0) is 18.6 Å². The number of hydrogen-bond acceptors (Lipinski definition) is 6. The number of thioether (sulfide) groups is 1. The van der Waals surface area contributed by atoms with Gasteiger partial charge in [0.1, 0.15) is 5.82 Å². The van der Waals surface area contributed by atoms with Crippen LogP contribution in [0.2, 0.25) is 0 Å². The molecule has 9 heteroatoms. The molecule has 0 aliphatic carbocycles. The predicted molar refractivity (Wildman–Crippen MR) is 117 cm³/mol. The number of amides is 1. The Hall–Kier alpha value is -3.46. The van der Waals surface area contributed by atoms with Gasteiger partial charge in [-0.15, -0.1) is 16.8 Å². The van der Waals surface area contributed by atoms with E-state index < -0.39 is 4.92 Å². The molecule has 1 heterocycles. The van der Waals surface area contributed by atoms with Gasteiger partial charge in [0, 0.05) is 19.0 Å². The van der Waals surface area contributed by atoms with Crippen molar-refractivity contribution in [3.63, 3.8) is 0 Å². The number of anilines is 1. The van der Waals surface area contributed by atoms with E-state index >= 15 is 0 Å². The van der Waals surface area contributed by atoms with Gasteiger partial charge in [-0.25, -0.2) is 0 Å². The number of hydrogen-bond donors (Lipinski definition) is 1. The first-order valence-corrected chi connectivity index (χ1v) is 10.2. The summed E-state index contributed by atoms with van der Waals surface area (Å²) < 4.78 is 1.93. The second kappa shape index (κ2) is 9.84. The van der Waals surface area contributed by atoms with Gasteiger partial charge < -0.3 is 9.88 Å². The van der Waals surface area contributed by atoms with Crippen LogP contribution in [0.15, 0.2) is 66.3 Å². The van der Waals surface area contributed by atoms with Crippen molar-refractivity contribution in [3.05, 3.63) is 88.3 Å². The van der Waals surface area contributed by atoms with Gasteiger partial charge >= 0.3 is 0 Å². The van der Waals surface area contributed by atoms with Gasteiger partial charge in [0.25, 0.3) is 5.69 Å². The maximum absolute atomic E-state index is 12.4. The van der Waals surface area contributed by atoms with Crippen molar-refractivity contribution in [1.29, 1.82) is 0 Å². The summed E-state index contributed by atoms with van der Waals surface area (Å²) in [4.78, 5) is 23.0. The lowest BCUT2D eigenvalue weighted by Crippen LogP contribution is -2.16. The van der Waals surface area contributed by atoms with E-state index in [9.17, 15) is 14.9 Å². The highest BCUT2D eigenvalue weighted by molar-refractivity contribution is 7.99. The number of allylic oxidation sites excluding steroid dienone is 1. The number of nitro groups is 1. The Morgan fingerprint density at radius 1 is 1.23 bits per heavy atom. The lowest BCUT2D eigenvalue weighted by molar-refractivity contribution is -0.385. The molecule has 8 nitrogen and oxygen atoms in total. The third-order valence-electron chi connectivity index (χ3n) is 4.42. The molecule has 0 unspecified atom stereocenters. The molecule has 0 saturated heterocycles. The molecule has 154 valence electrons. The molecule has 1 N–H and O–H groups in total. The highest BCUT2D eigenvalue weighted by Crippen LogP contribution is 2.26. The highest BCUT2D eigenvalue weighted by atomic mass is 32.2. The monoisotopic (exact) mass is 423 g/mol. The second-order valence-corrected chi connectivity index (χ2v) is 7.45. The molecule has 0 saturated carbocycles. The summed E-state index contributed by atoms with van der Waals surface area (Å²) in [6.07, 6.45) is 2.38. The van der Waals surface area contributed by atoms with Crippen molar-refractivity contribution in [2.24, 2.45) is 0 Å². The van der Waals surface area contributed by atoms with Gasteiger partial charge in [-0.1, -0.05) is 54.2 Å². The topological polar surface area (TPSA) is 103 Å². The lowest BCUT2D eigenvalue weighted by atomic mass is 10.1. The zero-order chi connectivity index (χ0) is 21.5. The molecule has 0 fully saturated rings. The summed E-state index contributed by atoms with van der Waals surface area (Å²) in [7, 11) is 0. The standard InChI is InChI=1S/C21H21N5O3S/c1-3-12-25-19(13-16-8-5-4-6-9-16)23-24-21(25)30-14-20(27)22-17-10-7-11-18(15(17)2)26(28)29/h3-11H,1,12-14H2,2H3,(H,22,27). The number of nitrogens with one attached hydrogen (secondary N) is 1. The van der Waals surface area contributed by atoms with Crippen LogP contribution in [-0.4, -0.2) is 31.3 Å². The molecule has 0 bridgehead atoms. The van der Waals surface area contributed by atoms with Crippen molar-refractivity contribution in [1.82, 2.24) is 14.8 Å². The maximum atomic E-state index is 12.4. The SMILES string of the molecule is C=CCn1c(Cc2ccccc2)nnc1SCC(=O)Nc1cccc([N+](=O)[O-])c1C. The van der Waals surface area contributed by atoms with Crippen LogP contribution in [-0.2, 0) is 17.8 Å². The zero-order valence-electron chi connectivity index (χ0n) is 16.4. The van der Waals surface area contributed by atoms with Gasteiger partial charge in [-0.2, -0.15) is 0 Å². The largest absolute Gasteiger partial charge is 0.325 e. The van der Waals surface area contributed by atoms with E-state index in [0.29, 0.717) is 29.4 Å². The van der Waals surface area contributed by atoms with Crippen molar-refractivity contribution in [2.75, 3.05) is 11.1 Å². The van der Waals surface area contributed by atoms with E-state index in [0.717, 1.165) is 11.4 Å². The average molecular weight is 423 g/mol. The van der Waals surface area contributed by atoms with E-state index in [1.807, 2.05) is 34.9 Å². The fourth-order valence-corrected chi connectivity index (χ4v) is 3.69. The summed E-state index contributed by atoms with van der Waals surface area (Å²) in [5, 5.41) is 22.9. The number of aromatic nitrogens is 3. The third kappa shape index (κ3) is 5.12. The molecule has 0 atom stereocenters. The molecule has 1 aromatic heterocycles. The first kappa shape index (κ1) is 21.3. The minimum absolute atomic E-state index is 0.0308. The summed E-state index contributed by atoms with van der Waals surface area (Å²) >= 11 is 1.26. The van der Waals surface area contributed by atoms with Crippen LogP contribution in [0.4, 0.5) is 11.4 Å². The smallest absolute Gasteiger partial charge is 0.274 e. The Labute approximate surface area is 178 Å². The second-order valence-electron chi connectivity index (χ2n) is 6.50. The van der Waals surface area contributed by atoms with Crippen LogP contribution >= 0.6 is 11.8 Å². The Kier molecular flexibility index (Phi) is 6.97. The molecule has 30 heavy (non-hydrogen) atoms. The summed E-state index contributed by atoms with van der Waals surface area (Å²) in [5.74, 6) is 0.614. The molecule has 0 aliphatic rings. The van der Waals surface area contributed by atoms with Gasteiger partial charge in [0.05, 0.1) is 21.9 Å². The van der Waals surface area contributed by atoms with Crippen LogP contribution in [0, 0.1) is 17.0 Å². The molecule has 1 amide bonds. The Balaban J connectivity index is 1.68. The normalized spacial score (nSPS) is 10.6. The summed E-state index contributed by atoms with van der Waals surface area (Å²) in [5.41, 5.74) is 1.93. The van der Waals surface area contributed by atoms with Crippen molar-refractivity contribution >= 4 is 29.0 Å². The van der Waals surface area contributed by atoms with Crippen LogP contribution < -0.4 is 5.32 Å². The van der Waals surface area contributed by atoms with Gasteiger partial charge in [0.15, 0.2) is 5.16 Å². The highest BCUT2D eigenvalue weighted by Gasteiger charge is 2.17. The van der Waals surface area contributed by atoms with Crippen molar-refractivity contribution in [2.45, 2.75) is 25.0 Å². The van der Waals surface area contributed by atoms with Crippen LogP contribution in [0.3, 0.4) is 0 Å². The summed E-state index contributed by atoms with van der Waals surface area (Å²) in [6, 6.07) is 14.5. The maximum Gasteiger partial charge on any atom is 0.274 e. The van der Waals surface area contributed by atoms with Crippen molar-refractivity contribution < 1.29 is 9.72 Å². The number of nitro benzene ring substituents is 1. The molecule has 0 spiro atoms. The van der Waals surface area contributed by atoms with Gasteiger partial charge in [-0.3, -0.25) is 14.9 Å². The van der Waals surface area contributed by atoms with E-state index in [4.69, 9.17) is 0 Å². The van der Waals surface area contributed by atoms with Crippen molar-refractivity contribution in [3.8, 4) is 0 Å². The molecule has 0 radical (unpaired) electrons. The van der Waals surface area contributed by atoms with E-state index in [-0.39, 0.29) is 17.3 Å². The molecule has 0 aliphatic heterocycles. The molecular weight excluding hydrogens is 402 g/mol. The molecule has 3 rings (SSSR count). The first-order chi connectivity index (χ1) is 14.5. The number of carbonyl (C=O) groups excluding carboxylic acids is 1. The number of benzene rings is 2. The van der Waals surface area contributed by atoms with Gasteiger partial charge in [0.2, 0.25) is 5.91 Å². The Morgan fingerprint density at radius 3 is 2.70 bits per heavy atom. The molecule has 3 aromatic rings. The number of rotatable bonds is 9. The summed E-state index contributed by atoms with van der Waals surface area (Å²) in [6.45, 7) is 5.93. The van der Waals surface area contributed by atoms with Crippen LogP contribution in [0.1, 0.15) is 17.0 Å². The molecular formula is C21H21N5O3S. The zero-order valence-corrected chi connectivity index (χ0v) is 17.3. The minimum Gasteiger partial charge on any atom is -0.325 e. The van der Waals surface area contributed by atoms with E-state index in [1.54, 1.807) is 25.1 Å². The fraction of sp³-hybridized carbons (Fsp3) is 0.190. The Morgan fingerprint density at radius 2 is 2.00 bits per heavy atom. The minimum atomic E-state index is -0.467. The number of nitrogens with zero attached hydrogens (tertiary/aromatic N) is 4. The first-order valence-electron chi connectivity index (χ1n) is 9.23. The van der Waals surface area contributed by atoms with Crippen LogP contribution in [0.5, 0.6) is 0 Å². The average Bonchev–Trinajstić information content (AvgIpc) is 3.10. The Bertz CT molecular complexity index is 1070. The fourth-order valence-electron chi connectivity index (χ4n) is 2.92. The third-order valence-corrected chi connectivity index (χ3v) is 5.39. The predicted octanol–water partition coefficient (Wildman–Crippen LogP) is 4.00. The molecule has 2 aromatic carbocycles. The quantitative estimate of drug-likeness (QED) is 0.241. The lowest BCUT2D eigenvalue weighted by Gasteiger charge is -2.09. The van der Waals surface area contributed by atoms with E-state index in [1.165, 1.54) is 17.8 Å². The van der Waals surface area contributed by atoms with E-state index in [2.05, 4.69) is 22.1 Å².